The molecule has 16 heavy (non-hydrogen) atoms. The first-order chi connectivity index (χ1) is 7.63. The highest BCUT2D eigenvalue weighted by atomic mass is 16.2. The number of rotatable bonds is 2. The van der Waals surface area contributed by atoms with Crippen molar-refractivity contribution in [1.29, 1.82) is 0 Å². The molecule has 0 radical (unpaired) electrons. The summed E-state index contributed by atoms with van der Waals surface area (Å²) in [7, 11) is 3.94. The van der Waals surface area contributed by atoms with Gasteiger partial charge in [-0.05, 0) is 25.8 Å². The number of carbonyl (C=O) groups excluding carboxylic acids is 1. The standard InChI is InChI=1S/C12H23N3O/c1-9-8-15(7-4-10(9)13-2)11-5-6-14(3)12(11)16/h9-11,13H,4-8H2,1-3H3. The Kier molecular flexibility index (Phi) is 3.50. The normalized spacial score (nSPS) is 37.1. The summed E-state index contributed by atoms with van der Waals surface area (Å²) in [4.78, 5) is 16.2. The van der Waals surface area contributed by atoms with E-state index in [4.69, 9.17) is 0 Å². The van der Waals surface area contributed by atoms with Crippen molar-refractivity contribution in [1.82, 2.24) is 15.1 Å². The van der Waals surface area contributed by atoms with Crippen LogP contribution in [0.2, 0.25) is 0 Å². The van der Waals surface area contributed by atoms with Gasteiger partial charge in [0.05, 0.1) is 6.04 Å². The monoisotopic (exact) mass is 225 g/mol. The van der Waals surface area contributed by atoms with Crippen LogP contribution in [-0.4, -0.2) is 61.5 Å². The van der Waals surface area contributed by atoms with E-state index in [0.29, 0.717) is 17.9 Å². The van der Waals surface area contributed by atoms with Crippen LogP contribution in [0.4, 0.5) is 0 Å². The molecule has 92 valence electrons. The van der Waals surface area contributed by atoms with Gasteiger partial charge in [0.2, 0.25) is 5.91 Å². The minimum Gasteiger partial charge on any atom is -0.344 e. The summed E-state index contributed by atoms with van der Waals surface area (Å²) in [6, 6.07) is 0.774. The van der Waals surface area contributed by atoms with E-state index < -0.39 is 0 Å². The number of likely N-dealkylation sites (tertiary alicyclic amines) is 2. The Morgan fingerprint density at radius 2 is 2.06 bits per heavy atom. The molecule has 2 aliphatic heterocycles. The van der Waals surface area contributed by atoms with E-state index in [1.54, 1.807) is 0 Å². The number of nitrogens with one attached hydrogen (secondary N) is 1. The third kappa shape index (κ3) is 2.09. The van der Waals surface area contributed by atoms with E-state index in [-0.39, 0.29) is 6.04 Å². The molecule has 2 aliphatic rings. The second kappa shape index (κ2) is 4.72. The van der Waals surface area contributed by atoms with Gasteiger partial charge in [0.25, 0.3) is 0 Å². The third-order valence-electron chi connectivity index (χ3n) is 4.15. The van der Waals surface area contributed by atoms with Gasteiger partial charge < -0.3 is 10.2 Å². The number of hydrogen-bond donors (Lipinski definition) is 1. The van der Waals surface area contributed by atoms with Gasteiger partial charge in [-0.25, -0.2) is 0 Å². The van der Waals surface area contributed by atoms with Crippen molar-refractivity contribution in [2.75, 3.05) is 33.7 Å². The van der Waals surface area contributed by atoms with Gasteiger partial charge in [0.15, 0.2) is 0 Å². The maximum absolute atomic E-state index is 11.9. The highest BCUT2D eigenvalue weighted by Gasteiger charge is 2.37. The molecule has 2 rings (SSSR count). The molecule has 0 aromatic heterocycles. The Hall–Kier alpha value is -0.610. The van der Waals surface area contributed by atoms with Gasteiger partial charge in [-0.2, -0.15) is 0 Å². The molecule has 2 fully saturated rings. The Balaban J connectivity index is 1.95. The lowest BCUT2D eigenvalue weighted by atomic mass is 9.93. The largest absolute Gasteiger partial charge is 0.344 e. The zero-order chi connectivity index (χ0) is 11.7. The van der Waals surface area contributed by atoms with Crippen molar-refractivity contribution in [2.45, 2.75) is 31.8 Å². The number of amides is 1. The van der Waals surface area contributed by atoms with Gasteiger partial charge >= 0.3 is 0 Å². The van der Waals surface area contributed by atoms with E-state index in [1.807, 2.05) is 19.0 Å². The van der Waals surface area contributed by atoms with Crippen molar-refractivity contribution < 1.29 is 4.79 Å². The quantitative estimate of drug-likeness (QED) is 0.726. The molecule has 0 aliphatic carbocycles. The van der Waals surface area contributed by atoms with E-state index in [0.717, 1.165) is 32.5 Å². The van der Waals surface area contributed by atoms with Crippen LogP contribution in [0.25, 0.3) is 0 Å². The molecule has 1 amide bonds. The Labute approximate surface area is 98.0 Å². The average Bonchev–Trinajstić information content (AvgIpc) is 2.60. The lowest BCUT2D eigenvalue weighted by Gasteiger charge is -2.39. The van der Waals surface area contributed by atoms with Crippen LogP contribution >= 0.6 is 0 Å². The lowest BCUT2D eigenvalue weighted by Crippen LogP contribution is -2.52. The Morgan fingerprint density at radius 1 is 1.31 bits per heavy atom. The summed E-state index contributed by atoms with van der Waals surface area (Å²) in [5.74, 6) is 0.951. The fourth-order valence-electron chi connectivity index (χ4n) is 3.03. The molecule has 2 heterocycles. The number of piperidine rings is 1. The summed E-state index contributed by atoms with van der Waals surface area (Å²) in [6.07, 6.45) is 2.16. The van der Waals surface area contributed by atoms with Crippen molar-refractivity contribution in [2.24, 2.45) is 5.92 Å². The Morgan fingerprint density at radius 3 is 2.56 bits per heavy atom. The van der Waals surface area contributed by atoms with Gasteiger partial charge in [-0.1, -0.05) is 6.92 Å². The van der Waals surface area contributed by atoms with Crippen LogP contribution in [0.3, 0.4) is 0 Å². The maximum atomic E-state index is 11.9. The lowest BCUT2D eigenvalue weighted by molar-refractivity contribution is -0.131. The van der Waals surface area contributed by atoms with E-state index >= 15 is 0 Å². The van der Waals surface area contributed by atoms with E-state index in [9.17, 15) is 4.79 Å². The second-order valence-electron chi connectivity index (χ2n) is 5.22. The fraction of sp³-hybridized carbons (Fsp3) is 0.917. The average molecular weight is 225 g/mol. The van der Waals surface area contributed by atoms with Crippen LogP contribution < -0.4 is 5.32 Å². The molecular formula is C12H23N3O. The highest BCUT2D eigenvalue weighted by Crippen LogP contribution is 2.23. The zero-order valence-electron chi connectivity index (χ0n) is 10.6. The third-order valence-corrected chi connectivity index (χ3v) is 4.15. The smallest absolute Gasteiger partial charge is 0.239 e. The molecule has 0 spiro atoms. The molecule has 2 saturated heterocycles. The molecule has 0 bridgehead atoms. The van der Waals surface area contributed by atoms with Crippen LogP contribution in [0.5, 0.6) is 0 Å². The minimum absolute atomic E-state index is 0.158. The summed E-state index contributed by atoms with van der Waals surface area (Å²) in [5.41, 5.74) is 0. The molecule has 4 nitrogen and oxygen atoms in total. The van der Waals surface area contributed by atoms with Crippen LogP contribution in [-0.2, 0) is 4.79 Å². The molecule has 0 saturated carbocycles. The van der Waals surface area contributed by atoms with Crippen LogP contribution in [0.1, 0.15) is 19.8 Å². The molecule has 3 unspecified atom stereocenters. The molecular weight excluding hydrogens is 202 g/mol. The molecule has 4 heteroatoms. The van der Waals surface area contributed by atoms with E-state index in [1.165, 1.54) is 0 Å². The molecule has 3 atom stereocenters. The van der Waals surface area contributed by atoms with Crippen molar-refractivity contribution in [3.63, 3.8) is 0 Å². The summed E-state index contributed by atoms with van der Waals surface area (Å²) in [5, 5.41) is 3.36. The van der Waals surface area contributed by atoms with Gasteiger partial charge in [0, 0.05) is 32.7 Å². The first kappa shape index (κ1) is 11.9. The predicted octanol–water partition coefficient (Wildman–Crippen LogP) is 0.147. The SMILES string of the molecule is CNC1CCN(C2CCN(C)C2=O)CC1C. The van der Waals surface area contributed by atoms with Crippen molar-refractivity contribution in [3.05, 3.63) is 0 Å². The summed E-state index contributed by atoms with van der Waals surface area (Å²) in [6.45, 7) is 5.30. The Bertz CT molecular complexity index is 269. The summed E-state index contributed by atoms with van der Waals surface area (Å²) < 4.78 is 0. The van der Waals surface area contributed by atoms with Crippen LogP contribution in [0, 0.1) is 5.92 Å². The van der Waals surface area contributed by atoms with E-state index in [2.05, 4.69) is 17.1 Å². The minimum atomic E-state index is 0.158. The maximum Gasteiger partial charge on any atom is 0.239 e. The number of hydrogen-bond acceptors (Lipinski definition) is 3. The van der Waals surface area contributed by atoms with Gasteiger partial charge in [0.1, 0.15) is 0 Å². The molecule has 0 aromatic carbocycles. The fourth-order valence-corrected chi connectivity index (χ4v) is 3.03. The van der Waals surface area contributed by atoms with Crippen molar-refractivity contribution >= 4 is 5.91 Å². The molecule has 0 aromatic rings. The van der Waals surface area contributed by atoms with Gasteiger partial charge in [-0.3, -0.25) is 9.69 Å². The number of likely N-dealkylation sites (N-methyl/N-ethyl adjacent to an activating group) is 1. The topological polar surface area (TPSA) is 35.6 Å². The van der Waals surface area contributed by atoms with Crippen molar-refractivity contribution in [3.8, 4) is 0 Å². The first-order valence-electron chi connectivity index (χ1n) is 6.29. The zero-order valence-corrected chi connectivity index (χ0v) is 10.6. The van der Waals surface area contributed by atoms with Crippen LogP contribution in [0.15, 0.2) is 0 Å². The number of carbonyl (C=O) groups is 1. The summed E-state index contributed by atoms with van der Waals surface area (Å²) >= 11 is 0. The number of nitrogens with zero attached hydrogens (tertiary/aromatic N) is 2. The first-order valence-corrected chi connectivity index (χ1v) is 6.29. The predicted molar refractivity (Wildman–Crippen MR) is 64.2 cm³/mol. The highest BCUT2D eigenvalue weighted by molar-refractivity contribution is 5.83. The second-order valence-corrected chi connectivity index (χ2v) is 5.22. The van der Waals surface area contributed by atoms with Gasteiger partial charge in [-0.15, -0.1) is 0 Å². The molecule has 1 N–H and O–H groups in total.